The second-order valence-electron chi connectivity index (χ2n) is 9.14. The molecule has 1 aromatic heterocycles. The predicted molar refractivity (Wildman–Crippen MR) is 144 cm³/mol. The van der Waals surface area contributed by atoms with Crippen LogP contribution < -0.4 is 9.64 Å². The minimum atomic E-state index is 0. The van der Waals surface area contributed by atoms with Gasteiger partial charge in [0.25, 0.3) is 0 Å². The number of rotatable bonds is 8. The van der Waals surface area contributed by atoms with Crippen LogP contribution in [0, 0.1) is 12.8 Å². The Kier molecular flexibility index (Phi) is 9.47. The lowest BCUT2D eigenvalue weighted by Crippen LogP contribution is -2.50. The van der Waals surface area contributed by atoms with E-state index < -0.39 is 0 Å². The van der Waals surface area contributed by atoms with Crippen molar-refractivity contribution in [1.82, 2.24) is 14.7 Å². The number of anilines is 1. The number of halogens is 3. The number of hydrogen-bond acceptors (Lipinski definition) is 4. The Hall–Kier alpha value is -2.25. The minimum absolute atomic E-state index is 0. The summed E-state index contributed by atoms with van der Waals surface area (Å²) >= 11 is 12.2. The molecule has 1 amide bonds. The van der Waals surface area contributed by atoms with Crippen LogP contribution in [0.25, 0.3) is 0 Å². The van der Waals surface area contributed by atoms with Crippen molar-refractivity contribution in [1.29, 1.82) is 0 Å². The van der Waals surface area contributed by atoms with Crippen LogP contribution >= 0.6 is 35.6 Å². The molecule has 0 N–H and O–H groups in total. The molecule has 188 valence electrons. The first kappa shape index (κ1) is 27.3. The molecular weight excluding hydrogens is 507 g/mol. The second kappa shape index (κ2) is 12.1. The molecule has 0 spiro atoms. The van der Waals surface area contributed by atoms with Crippen molar-refractivity contribution in [3.8, 4) is 5.75 Å². The van der Waals surface area contributed by atoms with Crippen molar-refractivity contribution >= 4 is 47.3 Å². The van der Waals surface area contributed by atoms with Crippen LogP contribution in [0.2, 0.25) is 10.0 Å². The highest BCUT2D eigenvalue weighted by Gasteiger charge is 2.27. The van der Waals surface area contributed by atoms with Gasteiger partial charge in [0.05, 0.1) is 19.7 Å². The van der Waals surface area contributed by atoms with Crippen LogP contribution in [-0.2, 0) is 17.9 Å². The normalized spacial score (nSPS) is 14.3. The van der Waals surface area contributed by atoms with E-state index in [1.54, 1.807) is 4.90 Å². The van der Waals surface area contributed by atoms with Crippen LogP contribution in [0.4, 0.5) is 5.82 Å². The summed E-state index contributed by atoms with van der Waals surface area (Å²) < 4.78 is 7.90. The molecule has 2 heterocycles. The molecular formula is C26H31Cl3N4O2. The number of carbonyl (C=O) groups is 1. The van der Waals surface area contributed by atoms with E-state index >= 15 is 0 Å². The average molecular weight is 538 g/mol. The molecule has 2 aromatic carbocycles. The number of piperazine rings is 1. The van der Waals surface area contributed by atoms with Gasteiger partial charge in [-0.1, -0.05) is 49.2 Å². The molecule has 6 nitrogen and oxygen atoms in total. The highest BCUT2D eigenvalue weighted by atomic mass is 35.5. The Bertz CT molecular complexity index is 1150. The molecule has 1 aliphatic rings. The van der Waals surface area contributed by atoms with Crippen LogP contribution in [0.15, 0.2) is 48.5 Å². The van der Waals surface area contributed by atoms with Crippen molar-refractivity contribution < 1.29 is 9.53 Å². The van der Waals surface area contributed by atoms with Crippen molar-refractivity contribution in [2.24, 2.45) is 5.92 Å². The number of carbonyl (C=O) groups excluding carboxylic acids is 1. The minimum Gasteiger partial charge on any atom is -0.493 e. The fraction of sp³-hybridized carbons (Fsp3) is 0.385. The van der Waals surface area contributed by atoms with Gasteiger partial charge in [-0.05, 0) is 48.7 Å². The van der Waals surface area contributed by atoms with Gasteiger partial charge in [-0.25, -0.2) is 0 Å². The first-order valence-corrected chi connectivity index (χ1v) is 12.3. The van der Waals surface area contributed by atoms with Gasteiger partial charge in [0.15, 0.2) is 5.82 Å². The second-order valence-corrected chi connectivity index (χ2v) is 10.0. The lowest BCUT2D eigenvalue weighted by Gasteiger charge is -2.33. The third-order valence-corrected chi connectivity index (χ3v) is 6.27. The first-order chi connectivity index (χ1) is 16.3. The molecule has 1 aliphatic heterocycles. The van der Waals surface area contributed by atoms with Gasteiger partial charge in [0.2, 0.25) is 5.91 Å². The number of amides is 1. The summed E-state index contributed by atoms with van der Waals surface area (Å²) in [4.78, 5) is 16.9. The Balaban J connectivity index is 0.00000342. The first-order valence-electron chi connectivity index (χ1n) is 11.5. The zero-order valence-corrected chi connectivity index (χ0v) is 22.5. The van der Waals surface area contributed by atoms with E-state index in [1.807, 2.05) is 60.1 Å². The quantitative estimate of drug-likeness (QED) is 0.362. The maximum atomic E-state index is 13.0. The van der Waals surface area contributed by atoms with E-state index in [1.165, 1.54) is 0 Å². The molecule has 9 heteroatoms. The summed E-state index contributed by atoms with van der Waals surface area (Å²) in [5, 5.41) is 6.13. The fourth-order valence-electron chi connectivity index (χ4n) is 3.96. The van der Waals surface area contributed by atoms with E-state index in [4.69, 9.17) is 33.0 Å². The lowest BCUT2D eigenvalue weighted by atomic mass is 10.2. The van der Waals surface area contributed by atoms with Crippen LogP contribution in [0.1, 0.15) is 30.7 Å². The molecule has 1 saturated heterocycles. The summed E-state index contributed by atoms with van der Waals surface area (Å²) in [6.07, 6.45) is 0. The number of benzene rings is 2. The zero-order chi connectivity index (χ0) is 24.2. The smallest absolute Gasteiger partial charge is 0.242 e. The molecule has 0 unspecified atom stereocenters. The van der Waals surface area contributed by atoms with Crippen LogP contribution in [-0.4, -0.2) is 46.8 Å². The Morgan fingerprint density at radius 1 is 1.00 bits per heavy atom. The zero-order valence-electron chi connectivity index (χ0n) is 20.2. The molecule has 0 atom stereocenters. The topological polar surface area (TPSA) is 50.6 Å². The molecule has 0 saturated carbocycles. The largest absolute Gasteiger partial charge is 0.493 e. The molecule has 4 rings (SSSR count). The van der Waals surface area contributed by atoms with Gasteiger partial charge in [-0.3, -0.25) is 19.3 Å². The van der Waals surface area contributed by atoms with Gasteiger partial charge in [-0.15, -0.1) is 12.4 Å². The maximum Gasteiger partial charge on any atom is 0.242 e. The van der Waals surface area contributed by atoms with Gasteiger partial charge in [0.1, 0.15) is 5.75 Å². The maximum absolute atomic E-state index is 13.0. The van der Waals surface area contributed by atoms with Crippen LogP contribution in [0.3, 0.4) is 0 Å². The SMILES string of the molecule is Cc1cc(N2CCN(Cc3ccc(Cl)cc3)CC2=O)nn1Cc1cc(Cl)ccc1OCC(C)C.Cl. The summed E-state index contributed by atoms with van der Waals surface area (Å²) in [5.74, 6) is 1.96. The van der Waals surface area contributed by atoms with Crippen molar-refractivity contribution in [2.45, 2.75) is 33.9 Å². The Morgan fingerprint density at radius 3 is 2.40 bits per heavy atom. The van der Waals surface area contributed by atoms with Crippen molar-refractivity contribution in [3.63, 3.8) is 0 Å². The molecule has 0 aliphatic carbocycles. The summed E-state index contributed by atoms with van der Waals surface area (Å²) in [7, 11) is 0. The summed E-state index contributed by atoms with van der Waals surface area (Å²) in [5.41, 5.74) is 3.08. The Morgan fingerprint density at radius 2 is 1.71 bits per heavy atom. The van der Waals surface area contributed by atoms with E-state index in [-0.39, 0.29) is 18.3 Å². The third kappa shape index (κ3) is 7.14. The monoisotopic (exact) mass is 536 g/mol. The van der Waals surface area contributed by atoms with Gasteiger partial charge < -0.3 is 4.74 Å². The fourth-order valence-corrected chi connectivity index (χ4v) is 4.28. The van der Waals surface area contributed by atoms with E-state index in [0.717, 1.165) is 35.7 Å². The number of nitrogens with zero attached hydrogens (tertiary/aromatic N) is 4. The summed E-state index contributed by atoms with van der Waals surface area (Å²) in [6, 6.07) is 15.4. The number of aromatic nitrogens is 2. The highest BCUT2D eigenvalue weighted by molar-refractivity contribution is 6.30. The van der Waals surface area contributed by atoms with Crippen molar-refractivity contribution in [2.75, 3.05) is 31.1 Å². The Labute approximate surface area is 223 Å². The van der Waals surface area contributed by atoms with E-state index in [9.17, 15) is 4.79 Å². The van der Waals surface area contributed by atoms with Gasteiger partial charge >= 0.3 is 0 Å². The van der Waals surface area contributed by atoms with E-state index in [0.29, 0.717) is 48.0 Å². The van der Waals surface area contributed by atoms with Gasteiger partial charge in [-0.2, -0.15) is 5.10 Å². The standard InChI is InChI=1S/C26H30Cl2N4O2.ClH/c1-18(2)17-34-24-9-8-23(28)13-21(24)15-32-19(3)12-25(29-32)31-11-10-30(16-26(31)33)14-20-4-6-22(27)7-5-20;/h4-9,12-13,18H,10-11,14-17H2,1-3H3;1H. The van der Waals surface area contributed by atoms with E-state index in [2.05, 4.69) is 18.7 Å². The molecule has 35 heavy (non-hydrogen) atoms. The van der Waals surface area contributed by atoms with Gasteiger partial charge in [0, 0.05) is 47.0 Å². The number of hydrogen-bond donors (Lipinski definition) is 0. The molecule has 0 radical (unpaired) electrons. The highest BCUT2D eigenvalue weighted by Crippen LogP contribution is 2.26. The molecule has 1 fully saturated rings. The summed E-state index contributed by atoms with van der Waals surface area (Å²) in [6.45, 7) is 9.84. The molecule has 3 aromatic rings. The number of ether oxygens (including phenoxy) is 1. The molecule has 0 bridgehead atoms. The van der Waals surface area contributed by atoms with Crippen LogP contribution in [0.5, 0.6) is 5.75 Å². The van der Waals surface area contributed by atoms with Crippen molar-refractivity contribution in [3.05, 3.63) is 75.4 Å². The lowest BCUT2D eigenvalue weighted by molar-refractivity contribution is -0.121. The number of aryl methyl sites for hydroxylation is 1. The average Bonchev–Trinajstić information content (AvgIpc) is 3.14. The third-order valence-electron chi connectivity index (χ3n) is 5.78. The predicted octanol–water partition coefficient (Wildman–Crippen LogP) is 5.85.